The normalized spacial score (nSPS) is 20.8. The van der Waals surface area contributed by atoms with Gasteiger partial charge < -0.3 is 9.47 Å². The molecule has 1 amide bonds. The standard InChI is InChI=1S/C23H29BrN2O2/c1-16(27)21-15-25(22-10-9-18(24)13-20(21)22)14-19-8-5-11-26(19)23(28)12-17-6-3-2-4-7-17/h9-10,13,15,17,19H,2-8,11-12,14H2,1H3/t19-/m0/s1. The molecule has 4 rings (SSSR count). The quantitative estimate of drug-likeness (QED) is 0.565. The third-order valence-electron chi connectivity index (χ3n) is 6.52. The lowest BCUT2D eigenvalue weighted by Gasteiger charge is -2.28. The molecular formula is C23H29BrN2O2. The number of carbonyl (C=O) groups is 2. The molecule has 5 heteroatoms. The summed E-state index contributed by atoms with van der Waals surface area (Å²) < 4.78 is 3.15. The predicted molar refractivity (Wildman–Crippen MR) is 116 cm³/mol. The van der Waals surface area contributed by atoms with E-state index in [1.807, 2.05) is 18.3 Å². The zero-order valence-corrected chi connectivity index (χ0v) is 18.2. The van der Waals surface area contributed by atoms with Crippen LogP contribution in [0.3, 0.4) is 0 Å². The first-order chi connectivity index (χ1) is 13.5. The van der Waals surface area contributed by atoms with Gasteiger partial charge in [0.15, 0.2) is 5.78 Å². The zero-order valence-electron chi connectivity index (χ0n) is 16.6. The number of amides is 1. The highest BCUT2D eigenvalue weighted by Crippen LogP contribution is 2.30. The molecule has 2 aromatic rings. The molecule has 0 spiro atoms. The summed E-state index contributed by atoms with van der Waals surface area (Å²) in [5.74, 6) is 0.996. The van der Waals surface area contributed by atoms with Crippen molar-refractivity contribution in [1.82, 2.24) is 9.47 Å². The molecule has 0 radical (unpaired) electrons. The number of likely N-dealkylation sites (tertiary alicyclic amines) is 1. The number of benzene rings is 1. The molecule has 1 aromatic heterocycles. The number of carbonyl (C=O) groups excluding carboxylic acids is 2. The number of halogens is 1. The maximum atomic E-state index is 13.0. The van der Waals surface area contributed by atoms with Gasteiger partial charge in [-0.25, -0.2) is 0 Å². The molecule has 0 bridgehead atoms. The highest BCUT2D eigenvalue weighted by molar-refractivity contribution is 9.10. The van der Waals surface area contributed by atoms with Gasteiger partial charge in [-0.2, -0.15) is 0 Å². The third-order valence-corrected chi connectivity index (χ3v) is 7.01. The van der Waals surface area contributed by atoms with Gasteiger partial charge in [0, 0.05) is 52.7 Å². The second kappa shape index (κ2) is 8.40. The zero-order chi connectivity index (χ0) is 19.7. The van der Waals surface area contributed by atoms with E-state index >= 15 is 0 Å². The Morgan fingerprint density at radius 2 is 1.89 bits per heavy atom. The molecule has 150 valence electrons. The van der Waals surface area contributed by atoms with E-state index in [-0.39, 0.29) is 11.8 Å². The van der Waals surface area contributed by atoms with Crippen LogP contribution in [0.15, 0.2) is 28.9 Å². The van der Waals surface area contributed by atoms with E-state index in [1.165, 1.54) is 32.1 Å². The van der Waals surface area contributed by atoms with Crippen LogP contribution in [-0.4, -0.2) is 33.7 Å². The van der Waals surface area contributed by atoms with Crippen LogP contribution in [-0.2, 0) is 11.3 Å². The summed E-state index contributed by atoms with van der Waals surface area (Å²) in [7, 11) is 0. The molecule has 0 unspecified atom stereocenters. The Labute approximate surface area is 175 Å². The minimum atomic E-state index is 0.0819. The lowest BCUT2D eigenvalue weighted by Crippen LogP contribution is -2.39. The Bertz CT molecular complexity index is 882. The van der Waals surface area contributed by atoms with Gasteiger partial charge in [0.25, 0.3) is 0 Å². The van der Waals surface area contributed by atoms with Gasteiger partial charge in [0.05, 0.1) is 0 Å². The number of nitrogens with zero attached hydrogens (tertiary/aromatic N) is 2. The number of fused-ring (bicyclic) bond motifs is 1. The summed E-state index contributed by atoms with van der Waals surface area (Å²) in [4.78, 5) is 27.2. The summed E-state index contributed by atoms with van der Waals surface area (Å²) in [6, 6.07) is 6.33. The predicted octanol–water partition coefficient (Wildman–Crippen LogP) is 5.57. The van der Waals surface area contributed by atoms with E-state index in [9.17, 15) is 9.59 Å². The van der Waals surface area contributed by atoms with Crippen LogP contribution in [0.5, 0.6) is 0 Å². The number of Topliss-reactive ketones (excluding diaryl/α,β-unsaturated/α-hetero) is 1. The van der Waals surface area contributed by atoms with Crippen molar-refractivity contribution in [3.05, 3.63) is 34.4 Å². The molecule has 1 atom stereocenters. The Kier molecular flexibility index (Phi) is 5.91. The van der Waals surface area contributed by atoms with Crippen molar-refractivity contribution >= 4 is 38.5 Å². The van der Waals surface area contributed by atoms with Crippen LogP contribution in [0.25, 0.3) is 10.9 Å². The number of hydrogen-bond acceptors (Lipinski definition) is 2. The molecule has 1 aliphatic heterocycles. The van der Waals surface area contributed by atoms with Crippen molar-refractivity contribution in [3.63, 3.8) is 0 Å². The largest absolute Gasteiger partial charge is 0.345 e. The summed E-state index contributed by atoms with van der Waals surface area (Å²) in [6.07, 6.45) is 11.1. The van der Waals surface area contributed by atoms with Gasteiger partial charge in [-0.05, 0) is 56.7 Å². The Morgan fingerprint density at radius 1 is 1.11 bits per heavy atom. The van der Waals surface area contributed by atoms with E-state index in [0.29, 0.717) is 18.2 Å². The van der Waals surface area contributed by atoms with Crippen molar-refractivity contribution in [3.8, 4) is 0 Å². The SMILES string of the molecule is CC(=O)c1cn(C[C@@H]2CCCN2C(=O)CC2CCCCC2)c2ccc(Br)cc12. The maximum absolute atomic E-state index is 13.0. The smallest absolute Gasteiger partial charge is 0.223 e. The van der Waals surface area contributed by atoms with Crippen LogP contribution in [0.1, 0.15) is 68.6 Å². The van der Waals surface area contributed by atoms with E-state index in [2.05, 4.69) is 31.5 Å². The fourth-order valence-corrected chi connectivity index (χ4v) is 5.40. The van der Waals surface area contributed by atoms with E-state index in [4.69, 9.17) is 0 Å². The fourth-order valence-electron chi connectivity index (χ4n) is 5.04. The van der Waals surface area contributed by atoms with Crippen LogP contribution >= 0.6 is 15.9 Å². The Hall–Kier alpha value is -1.62. The van der Waals surface area contributed by atoms with Crippen LogP contribution < -0.4 is 0 Å². The van der Waals surface area contributed by atoms with E-state index in [1.54, 1.807) is 6.92 Å². The fraction of sp³-hybridized carbons (Fsp3) is 0.565. The Balaban J connectivity index is 1.53. The van der Waals surface area contributed by atoms with Crippen molar-refractivity contribution in [2.45, 2.75) is 70.9 Å². The first kappa shape index (κ1) is 19.7. The van der Waals surface area contributed by atoms with Crippen molar-refractivity contribution in [1.29, 1.82) is 0 Å². The molecule has 1 saturated carbocycles. The van der Waals surface area contributed by atoms with Crippen molar-refractivity contribution in [2.75, 3.05) is 6.54 Å². The summed E-state index contributed by atoms with van der Waals surface area (Å²) in [5, 5.41) is 0.986. The molecular weight excluding hydrogens is 416 g/mol. The van der Waals surface area contributed by atoms with Crippen LogP contribution in [0, 0.1) is 5.92 Å². The molecule has 1 saturated heterocycles. The minimum absolute atomic E-state index is 0.0819. The summed E-state index contributed by atoms with van der Waals surface area (Å²) >= 11 is 3.52. The summed E-state index contributed by atoms with van der Waals surface area (Å²) in [5.41, 5.74) is 1.83. The second-order valence-electron chi connectivity index (χ2n) is 8.50. The average Bonchev–Trinajstić information content (AvgIpc) is 3.27. The topological polar surface area (TPSA) is 42.3 Å². The van der Waals surface area contributed by atoms with Crippen LogP contribution in [0.4, 0.5) is 0 Å². The highest BCUT2D eigenvalue weighted by atomic mass is 79.9. The molecule has 28 heavy (non-hydrogen) atoms. The molecule has 4 nitrogen and oxygen atoms in total. The third kappa shape index (κ3) is 4.05. The molecule has 2 aliphatic rings. The molecule has 2 heterocycles. The van der Waals surface area contributed by atoms with Crippen molar-refractivity contribution in [2.24, 2.45) is 5.92 Å². The molecule has 0 N–H and O–H groups in total. The van der Waals surface area contributed by atoms with Gasteiger partial charge in [0.1, 0.15) is 0 Å². The van der Waals surface area contributed by atoms with Gasteiger partial charge in [-0.15, -0.1) is 0 Å². The average molecular weight is 445 g/mol. The second-order valence-corrected chi connectivity index (χ2v) is 9.42. The van der Waals surface area contributed by atoms with E-state index in [0.717, 1.165) is 46.9 Å². The number of aromatic nitrogens is 1. The van der Waals surface area contributed by atoms with Gasteiger partial charge >= 0.3 is 0 Å². The Morgan fingerprint density at radius 3 is 2.64 bits per heavy atom. The first-order valence-electron chi connectivity index (χ1n) is 10.6. The summed E-state index contributed by atoms with van der Waals surface area (Å²) in [6.45, 7) is 3.26. The molecule has 1 aromatic carbocycles. The maximum Gasteiger partial charge on any atom is 0.223 e. The number of rotatable bonds is 5. The van der Waals surface area contributed by atoms with Gasteiger partial charge in [-0.1, -0.05) is 35.2 Å². The van der Waals surface area contributed by atoms with Gasteiger partial charge in [0.2, 0.25) is 5.91 Å². The molecule has 1 aliphatic carbocycles. The van der Waals surface area contributed by atoms with Crippen LogP contribution in [0.2, 0.25) is 0 Å². The molecule has 2 fully saturated rings. The highest BCUT2D eigenvalue weighted by Gasteiger charge is 2.31. The minimum Gasteiger partial charge on any atom is -0.345 e. The number of ketones is 1. The first-order valence-corrected chi connectivity index (χ1v) is 11.4. The lowest BCUT2D eigenvalue weighted by molar-refractivity contribution is -0.133. The lowest BCUT2D eigenvalue weighted by atomic mass is 9.86. The van der Waals surface area contributed by atoms with Crippen molar-refractivity contribution < 1.29 is 9.59 Å². The van der Waals surface area contributed by atoms with Gasteiger partial charge in [-0.3, -0.25) is 9.59 Å². The monoisotopic (exact) mass is 444 g/mol. The van der Waals surface area contributed by atoms with E-state index < -0.39 is 0 Å². The number of hydrogen-bond donors (Lipinski definition) is 0.